The Morgan fingerprint density at radius 2 is 1.80 bits per heavy atom. The second-order valence-electron chi connectivity index (χ2n) is 7.15. The number of fused-ring (bicyclic) bond motifs is 2. The number of likely N-dealkylation sites (tertiary alicyclic amines) is 1. The fourth-order valence-electron chi connectivity index (χ4n) is 4.75. The molecule has 2 atom stereocenters. The van der Waals surface area contributed by atoms with Gasteiger partial charge < -0.3 is 10.5 Å². The van der Waals surface area contributed by atoms with Gasteiger partial charge in [0.15, 0.2) is 0 Å². The molecule has 2 bridgehead atoms. The van der Waals surface area contributed by atoms with Crippen LogP contribution in [0.4, 0.5) is 0 Å². The molecule has 2 aliphatic heterocycles. The summed E-state index contributed by atoms with van der Waals surface area (Å²) in [4.78, 5) is 5.38. The summed E-state index contributed by atoms with van der Waals surface area (Å²) in [7, 11) is 4.17. The zero-order chi connectivity index (χ0) is 14.2. The van der Waals surface area contributed by atoms with E-state index < -0.39 is 0 Å². The summed E-state index contributed by atoms with van der Waals surface area (Å²) in [5.74, 6) is 0. The van der Waals surface area contributed by atoms with E-state index in [0.717, 1.165) is 18.6 Å². The van der Waals surface area contributed by atoms with Crippen LogP contribution in [0.25, 0.3) is 0 Å². The van der Waals surface area contributed by atoms with Crippen molar-refractivity contribution in [1.29, 1.82) is 0 Å². The summed E-state index contributed by atoms with van der Waals surface area (Å²) in [6, 6.07) is 1.57. The van der Waals surface area contributed by atoms with Crippen molar-refractivity contribution in [3.8, 4) is 0 Å². The molecule has 2 heterocycles. The first kappa shape index (κ1) is 14.8. The molecular weight excluding hydrogens is 250 g/mol. The molecule has 116 valence electrons. The van der Waals surface area contributed by atoms with Crippen LogP contribution in [0.5, 0.6) is 0 Å². The van der Waals surface area contributed by atoms with Gasteiger partial charge in [0.2, 0.25) is 0 Å². The third-order valence-electron chi connectivity index (χ3n) is 6.40. The van der Waals surface area contributed by atoms with E-state index in [2.05, 4.69) is 16.8 Å². The molecule has 0 radical (unpaired) electrons. The highest BCUT2D eigenvalue weighted by atomic mass is 16.5. The van der Waals surface area contributed by atoms with Crippen molar-refractivity contribution in [3.05, 3.63) is 0 Å². The molecule has 1 saturated carbocycles. The van der Waals surface area contributed by atoms with E-state index in [1.54, 1.807) is 0 Å². The minimum Gasteiger partial charge on any atom is -0.381 e. The van der Waals surface area contributed by atoms with Crippen molar-refractivity contribution >= 4 is 0 Å². The van der Waals surface area contributed by atoms with Crippen LogP contribution in [0.15, 0.2) is 0 Å². The minimum atomic E-state index is 0.250. The fraction of sp³-hybridized carbons (Fsp3) is 1.00. The quantitative estimate of drug-likeness (QED) is 0.850. The first-order valence-corrected chi connectivity index (χ1v) is 8.38. The lowest BCUT2D eigenvalue weighted by Gasteiger charge is -2.48. The molecule has 0 aromatic carbocycles. The average molecular weight is 281 g/mol. The zero-order valence-electron chi connectivity index (χ0n) is 13.2. The van der Waals surface area contributed by atoms with Crippen LogP contribution < -0.4 is 5.73 Å². The average Bonchev–Trinajstić information content (AvgIpc) is 2.72. The lowest BCUT2D eigenvalue weighted by Crippen LogP contribution is -2.58. The van der Waals surface area contributed by atoms with Gasteiger partial charge in [-0.15, -0.1) is 0 Å². The normalized spacial score (nSPS) is 43.6. The van der Waals surface area contributed by atoms with E-state index in [1.165, 1.54) is 58.0 Å². The van der Waals surface area contributed by atoms with Gasteiger partial charge in [-0.1, -0.05) is 0 Å². The number of methoxy groups -OCH3 is 1. The Morgan fingerprint density at radius 3 is 2.45 bits per heavy atom. The first-order chi connectivity index (χ1) is 9.68. The van der Waals surface area contributed by atoms with Gasteiger partial charge in [0.05, 0.1) is 6.10 Å². The highest BCUT2D eigenvalue weighted by Crippen LogP contribution is 2.38. The van der Waals surface area contributed by atoms with Crippen molar-refractivity contribution in [2.75, 3.05) is 33.8 Å². The van der Waals surface area contributed by atoms with Gasteiger partial charge >= 0.3 is 0 Å². The number of nitrogens with two attached hydrogens (primary N) is 1. The summed E-state index contributed by atoms with van der Waals surface area (Å²) >= 11 is 0. The van der Waals surface area contributed by atoms with E-state index in [9.17, 15) is 0 Å². The largest absolute Gasteiger partial charge is 0.381 e. The molecule has 2 unspecified atom stereocenters. The molecular formula is C16H31N3O. The maximum atomic E-state index is 6.24. The van der Waals surface area contributed by atoms with Gasteiger partial charge in [0, 0.05) is 44.4 Å². The Labute approximate surface area is 123 Å². The van der Waals surface area contributed by atoms with Gasteiger partial charge in [0.1, 0.15) is 0 Å². The molecule has 0 amide bonds. The third-order valence-corrected chi connectivity index (χ3v) is 6.40. The summed E-state index contributed by atoms with van der Waals surface area (Å²) < 4.78 is 5.54. The number of nitrogens with zero attached hydrogens (tertiary/aromatic N) is 2. The second kappa shape index (κ2) is 5.91. The highest BCUT2D eigenvalue weighted by Gasteiger charge is 2.44. The summed E-state index contributed by atoms with van der Waals surface area (Å²) in [6.07, 6.45) is 9.33. The third kappa shape index (κ3) is 2.52. The fourth-order valence-corrected chi connectivity index (χ4v) is 4.75. The molecule has 3 fully saturated rings. The number of hydrogen-bond donors (Lipinski definition) is 1. The van der Waals surface area contributed by atoms with Crippen molar-refractivity contribution in [2.24, 2.45) is 5.73 Å². The second-order valence-corrected chi connectivity index (χ2v) is 7.15. The van der Waals surface area contributed by atoms with Gasteiger partial charge in [-0.25, -0.2) is 0 Å². The molecule has 20 heavy (non-hydrogen) atoms. The lowest BCUT2D eigenvalue weighted by atomic mass is 9.78. The maximum Gasteiger partial charge on any atom is 0.0572 e. The Balaban J connectivity index is 1.70. The van der Waals surface area contributed by atoms with Crippen LogP contribution in [-0.2, 0) is 4.74 Å². The Bertz CT molecular complexity index is 328. The van der Waals surface area contributed by atoms with E-state index in [0.29, 0.717) is 6.10 Å². The van der Waals surface area contributed by atoms with Crippen LogP contribution in [-0.4, -0.2) is 67.3 Å². The zero-order valence-corrected chi connectivity index (χ0v) is 13.2. The molecule has 2 N–H and O–H groups in total. The lowest BCUT2D eigenvalue weighted by molar-refractivity contribution is -0.00996. The SMILES string of the molecule is COC1CCC(CN)(N2CCC3CCC(C2)N3C)CC1. The van der Waals surface area contributed by atoms with Crippen molar-refractivity contribution < 1.29 is 4.74 Å². The Kier molecular flexibility index (Phi) is 4.37. The molecule has 4 nitrogen and oxygen atoms in total. The number of ether oxygens (including phenoxy) is 1. The van der Waals surface area contributed by atoms with Crippen molar-refractivity contribution in [3.63, 3.8) is 0 Å². The number of likely N-dealkylation sites (N-methyl/N-ethyl adjacent to an activating group) is 1. The molecule has 3 aliphatic rings. The smallest absolute Gasteiger partial charge is 0.0572 e. The molecule has 0 spiro atoms. The van der Waals surface area contributed by atoms with E-state index in [4.69, 9.17) is 10.5 Å². The van der Waals surface area contributed by atoms with Gasteiger partial charge in [-0.3, -0.25) is 9.80 Å². The van der Waals surface area contributed by atoms with Gasteiger partial charge in [-0.2, -0.15) is 0 Å². The molecule has 4 heteroatoms. The van der Waals surface area contributed by atoms with Crippen LogP contribution >= 0.6 is 0 Å². The van der Waals surface area contributed by atoms with Crippen molar-refractivity contribution in [1.82, 2.24) is 9.80 Å². The Morgan fingerprint density at radius 1 is 1.10 bits per heavy atom. The standard InChI is InChI=1S/C16H31N3O/c1-18-13-3-4-14(18)11-19(10-7-13)16(12-17)8-5-15(20-2)6-9-16/h13-15H,3-12,17H2,1-2H3. The minimum absolute atomic E-state index is 0.250. The van der Waals surface area contributed by atoms with Crippen LogP contribution in [0, 0.1) is 0 Å². The van der Waals surface area contributed by atoms with Crippen LogP contribution in [0.3, 0.4) is 0 Å². The maximum absolute atomic E-state index is 6.24. The molecule has 0 aromatic heterocycles. The monoisotopic (exact) mass is 281 g/mol. The summed E-state index contributed by atoms with van der Waals surface area (Å²) in [6.45, 7) is 3.27. The van der Waals surface area contributed by atoms with Gasteiger partial charge in [-0.05, 0) is 52.0 Å². The highest BCUT2D eigenvalue weighted by molar-refractivity contribution is 5.01. The molecule has 0 aromatic rings. The van der Waals surface area contributed by atoms with Gasteiger partial charge in [0.25, 0.3) is 0 Å². The summed E-state index contributed by atoms with van der Waals surface area (Å²) in [5, 5.41) is 0. The first-order valence-electron chi connectivity index (χ1n) is 8.38. The van der Waals surface area contributed by atoms with E-state index in [1.807, 2.05) is 7.11 Å². The molecule has 2 saturated heterocycles. The summed E-state index contributed by atoms with van der Waals surface area (Å²) in [5.41, 5.74) is 6.49. The Hall–Kier alpha value is -0.160. The van der Waals surface area contributed by atoms with Crippen LogP contribution in [0.2, 0.25) is 0 Å². The molecule has 1 aliphatic carbocycles. The number of rotatable bonds is 3. The van der Waals surface area contributed by atoms with Crippen LogP contribution in [0.1, 0.15) is 44.9 Å². The topological polar surface area (TPSA) is 41.7 Å². The number of hydrogen-bond acceptors (Lipinski definition) is 4. The van der Waals surface area contributed by atoms with Crippen molar-refractivity contribution in [2.45, 2.75) is 68.7 Å². The predicted octanol–water partition coefficient (Wildman–Crippen LogP) is 1.44. The van der Waals surface area contributed by atoms with E-state index >= 15 is 0 Å². The van der Waals surface area contributed by atoms with E-state index in [-0.39, 0.29) is 5.54 Å². The predicted molar refractivity (Wildman–Crippen MR) is 81.8 cm³/mol. The molecule has 3 rings (SSSR count).